The van der Waals surface area contributed by atoms with Gasteiger partial charge in [-0.25, -0.2) is 4.79 Å². The van der Waals surface area contributed by atoms with Crippen LogP contribution in [-0.4, -0.2) is 36.9 Å². The molecule has 0 aromatic carbocycles. The maximum Gasteiger partial charge on any atom is 0.490 e. The molecule has 0 atom stereocenters. The molecule has 0 aliphatic carbocycles. The van der Waals surface area contributed by atoms with Gasteiger partial charge in [0, 0.05) is 6.42 Å². The number of methoxy groups -OCH3 is 1. The second-order valence-corrected chi connectivity index (χ2v) is 2.27. The molecule has 5 nitrogen and oxygen atoms in total. The van der Waals surface area contributed by atoms with Crippen molar-refractivity contribution < 1.29 is 32.6 Å². The van der Waals surface area contributed by atoms with Crippen LogP contribution in [-0.2, 0) is 14.3 Å². The molecule has 0 saturated carbocycles. The zero-order chi connectivity index (χ0) is 12.5. The van der Waals surface area contributed by atoms with Crippen LogP contribution < -0.4 is 5.73 Å². The number of hydrogen-bond acceptors (Lipinski definition) is 4. The molecule has 15 heavy (non-hydrogen) atoms. The van der Waals surface area contributed by atoms with Crippen LogP contribution >= 0.6 is 0 Å². The number of esters is 1. The van der Waals surface area contributed by atoms with Crippen molar-refractivity contribution in [3.63, 3.8) is 0 Å². The molecule has 0 aromatic heterocycles. The lowest BCUT2D eigenvalue weighted by Gasteiger charge is -1.93. The first-order valence-electron chi connectivity index (χ1n) is 3.82. The highest BCUT2D eigenvalue weighted by molar-refractivity contribution is 5.73. The minimum Gasteiger partial charge on any atom is -0.475 e. The fourth-order valence-corrected chi connectivity index (χ4v) is 0.348. The van der Waals surface area contributed by atoms with Gasteiger partial charge in [-0.15, -0.1) is 0 Å². The Hall–Kier alpha value is -1.31. The molecule has 3 N–H and O–H groups in total. The number of hydrogen-bond donors (Lipinski definition) is 2. The summed E-state index contributed by atoms with van der Waals surface area (Å²) >= 11 is 0. The van der Waals surface area contributed by atoms with Gasteiger partial charge in [0.1, 0.15) is 0 Å². The van der Waals surface area contributed by atoms with Crippen molar-refractivity contribution in [2.24, 2.45) is 5.73 Å². The Kier molecular flexibility index (Phi) is 8.64. The maximum atomic E-state index is 10.6. The summed E-state index contributed by atoms with van der Waals surface area (Å²) in [6.45, 7) is 0.551. The first-order chi connectivity index (χ1) is 6.75. The third-order valence-corrected chi connectivity index (χ3v) is 1.06. The molecule has 0 unspecified atom stereocenters. The van der Waals surface area contributed by atoms with E-state index in [0.717, 1.165) is 0 Å². The van der Waals surface area contributed by atoms with Crippen molar-refractivity contribution in [2.45, 2.75) is 19.0 Å². The van der Waals surface area contributed by atoms with Crippen LogP contribution in [0, 0.1) is 0 Å². The van der Waals surface area contributed by atoms with E-state index in [2.05, 4.69) is 4.74 Å². The third kappa shape index (κ3) is 12.7. The van der Waals surface area contributed by atoms with Gasteiger partial charge in [0.2, 0.25) is 0 Å². The molecule has 0 amide bonds. The zero-order valence-electron chi connectivity index (χ0n) is 8.00. The minimum absolute atomic E-state index is 0.185. The Balaban J connectivity index is 0. The number of carboxylic acid groups (broad SMARTS) is 1. The molecule has 0 aliphatic heterocycles. The minimum atomic E-state index is -5.08. The largest absolute Gasteiger partial charge is 0.490 e. The van der Waals surface area contributed by atoms with Crippen molar-refractivity contribution in [3.05, 3.63) is 0 Å². The fraction of sp³-hybridized carbons (Fsp3) is 0.714. The van der Waals surface area contributed by atoms with E-state index in [1.165, 1.54) is 7.11 Å². The summed E-state index contributed by atoms with van der Waals surface area (Å²) < 4.78 is 36.1. The van der Waals surface area contributed by atoms with Crippen LogP contribution in [0.4, 0.5) is 13.2 Å². The Morgan fingerprint density at radius 1 is 1.40 bits per heavy atom. The van der Waals surface area contributed by atoms with Crippen molar-refractivity contribution >= 4 is 11.9 Å². The molecule has 0 rings (SSSR count). The lowest BCUT2D eigenvalue weighted by molar-refractivity contribution is -0.192. The van der Waals surface area contributed by atoms with Gasteiger partial charge in [0.25, 0.3) is 0 Å². The molecule has 90 valence electrons. The number of carbonyl (C=O) groups excluding carboxylic acids is 1. The second kappa shape index (κ2) is 8.04. The fourth-order valence-electron chi connectivity index (χ4n) is 0.348. The summed E-state index contributed by atoms with van der Waals surface area (Å²) in [6.07, 6.45) is -3.93. The van der Waals surface area contributed by atoms with Crippen LogP contribution in [0.25, 0.3) is 0 Å². The SMILES string of the molecule is COC(=O)CCCN.O=C(O)C(F)(F)F. The van der Waals surface area contributed by atoms with Crippen molar-refractivity contribution in [1.29, 1.82) is 0 Å². The molecular weight excluding hydrogens is 219 g/mol. The highest BCUT2D eigenvalue weighted by Gasteiger charge is 2.38. The number of alkyl halides is 3. The number of nitrogens with two attached hydrogens (primary N) is 1. The molecule has 0 radical (unpaired) electrons. The van der Waals surface area contributed by atoms with Gasteiger partial charge in [-0.2, -0.15) is 13.2 Å². The third-order valence-electron chi connectivity index (χ3n) is 1.06. The van der Waals surface area contributed by atoms with E-state index in [-0.39, 0.29) is 5.97 Å². The summed E-state index contributed by atoms with van der Waals surface area (Å²) in [5.74, 6) is -2.94. The topological polar surface area (TPSA) is 89.6 Å². The van der Waals surface area contributed by atoms with Gasteiger partial charge >= 0.3 is 18.1 Å². The van der Waals surface area contributed by atoms with E-state index in [9.17, 15) is 18.0 Å². The Morgan fingerprint density at radius 2 is 1.80 bits per heavy atom. The predicted molar refractivity (Wildman–Crippen MR) is 44.0 cm³/mol. The quantitative estimate of drug-likeness (QED) is 0.691. The Labute approximate surface area is 84.0 Å². The Bertz CT molecular complexity index is 205. The van der Waals surface area contributed by atoms with Crippen LogP contribution in [0.15, 0.2) is 0 Å². The molecule has 0 spiro atoms. The smallest absolute Gasteiger partial charge is 0.475 e. The van der Waals surface area contributed by atoms with Crippen LogP contribution in [0.1, 0.15) is 12.8 Å². The number of halogens is 3. The number of rotatable bonds is 3. The van der Waals surface area contributed by atoms with Crippen molar-refractivity contribution in [1.82, 2.24) is 0 Å². The van der Waals surface area contributed by atoms with E-state index < -0.39 is 12.1 Å². The van der Waals surface area contributed by atoms with E-state index in [4.69, 9.17) is 15.6 Å². The predicted octanol–water partition coefficient (Wildman–Crippen LogP) is 0.532. The summed E-state index contributed by atoms with van der Waals surface area (Å²) in [7, 11) is 1.37. The molecule has 0 fully saturated rings. The number of ether oxygens (including phenoxy) is 1. The zero-order valence-corrected chi connectivity index (χ0v) is 8.00. The van der Waals surface area contributed by atoms with Gasteiger partial charge in [0.15, 0.2) is 0 Å². The van der Waals surface area contributed by atoms with Gasteiger partial charge in [-0.05, 0) is 13.0 Å². The lowest BCUT2D eigenvalue weighted by atomic mass is 10.3. The molecule has 8 heteroatoms. The number of aliphatic carboxylic acids is 1. The monoisotopic (exact) mass is 231 g/mol. The summed E-state index contributed by atoms with van der Waals surface area (Å²) in [4.78, 5) is 19.2. The maximum absolute atomic E-state index is 10.6. The molecule has 0 heterocycles. The average Bonchev–Trinajstić information content (AvgIpc) is 2.13. The van der Waals surface area contributed by atoms with Crippen LogP contribution in [0.5, 0.6) is 0 Å². The normalized spacial score (nSPS) is 9.93. The van der Waals surface area contributed by atoms with E-state index >= 15 is 0 Å². The van der Waals surface area contributed by atoms with E-state index in [1.807, 2.05) is 0 Å². The number of carbonyl (C=O) groups is 2. The standard InChI is InChI=1S/C5H11NO2.C2HF3O2/c1-8-5(7)3-2-4-6;3-2(4,5)1(6)7/h2-4,6H2,1H3;(H,6,7). The summed E-state index contributed by atoms with van der Waals surface area (Å²) in [6, 6.07) is 0. The average molecular weight is 231 g/mol. The summed E-state index contributed by atoms with van der Waals surface area (Å²) in [5.41, 5.74) is 5.12. The van der Waals surface area contributed by atoms with Crippen molar-refractivity contribution in [2.75, 3.05) is 13.7 Å². The van der Waals surface area contributed by atoms with Gasteiger partial charge in [-0.3, -0.25) is 4.79 Å². The van der Waals surface area contributed by atoms with E-state index in [0.29, 0.717) is 19.4 Å². The Morgan fingerprint density at radius 3 is 2.00 bits per heavy atom. The first-order valence-corrected chi connectivity index (χ1v) is 3.82. The molecule has 0 bridgehead atoms. The summed E-state index contributed by atoms with van der Waals surface area (Å²) in [5, 5.41) is 7.12. The highest BCUT2D eigenvalue weighted by Crippen LogP contribution is 2.13. The number of carboxylic acids is 1. The molecular formula is C7H12F3NO4. The molecule has 0 aliphatic rings. The van der Waals surface area contributed by atoms with Gasteiger partial charge in [0.05, 0.1) is 7.11 Å². The van der Waals surface area contributed by atoms with Gasteiger partial charge in [-0.1, -0.05) is 0 Å². The second-order valence-electron chi connectivity index (χ2n) is 2.27. The van der Waals surface area contributed by atoms with E-state index in [1.54, 1.807) is 0 Å². The van der Waals surface area contributed by atoms with Crippen LogP contribution in [0.2, 0.25) is 0 Å². The lowest BCUT2D eigenvalue weighted by Crippen LogP contribution is -2.21. The molecule has 0 saturated heterocycles. The first kappa shape index (κ1) is 16.1. The van der Waals surface area contributed by atoms with Crippen molar-refractivity contribution in [3.8, 4) is 0 Å². The van der Waals surface area contributed by atoms with Crippen LogP contribution in [0.3, 0.4) is 0 Å². The van der Waals surface area contributed by atoms with Gasteiger partial charge < -0.3 is 15.6 Å². The molecule has 0 aromatic rings. The highest BCUT2D eigenvalue weighted by atomic mass is 19.4.